The lowest BCUT2D eigenvalue weighted by molar-refractivity contribution is 0.790. The van der Waals surface area contributed by atoms with Crippen LogP contribution in [-0.2, 0) is 0 Å². The number of hydrogen-bond donors (Lipinski definition) is 2. The number of anilines is 1. The molecule has 0 aliphatic carbocycles. The lowest BCUT2D eigenvalue weighted by atomic mass is 10.1. The number of hydrogen-bond acceptors (Lipinski definition) is 2. The molecule has 3 heteroatoms. The Hall–Kier alpha value is -1.51. The number of nitrogens with one attached hydrogen (secondary N) is 1. The lowest BCUT2D eigenvalue weighted by Gasteiger charge is -2.19. The van der Waals surface area contributed by atoms with E-state index in [1.165, 1.54) is 5.56 Å². The molecule has 2 aromatic carbocycles. The van der Waals surface area contributed by atoms with Gasteiger partial charge >= 0.3 is 0 Å². The molecule has 0 bridgehead atoms. The van der Waals surface area contributed by atoms with Crippen LogP contribution in [0.3, 0.4) is 0 Å². The van der Waals surface area contributed by atoms with E-state index in [0.717, 1.165) is 16.3 Å². The van der Waals surface area contributed by atoms with Crippen LogP contribution in [0, 0.1) is 6.92 Å². The normalized spacial score (nSPS) is 12.2. The summed E-state index contributed by atoms with van der Waals surface area (Å²) in [6.07, 6.45) is 0. The van der Waals surface area contributed by atoms with Crippen molar-refractivity contribution in [2.45, 2.75) is 13.0 Å². The van der Waals surface area contributed by atoms with Gasteiger partial charge in [0.1, 0.15) is 0 Å². The van der Waals surface area contributed by atoms with Gasteiger partial charge in [0.05, 0.1) is 6.04 Å². The Kier molecular flexibility index (Phi) is 4.24. The van der Waals surface area contributed by atoms with Crippen LogP contribution in [0.15, 0.2) is 48.5 Å². The topological polar surface area (TPSA) is 38.0 Å². The molecule has 0 radical (unpaired) electrons. The quantitative estimate of drug-likeness (QED) is 0.878. The minimum Gasteiger partial charge on any atom is -0.377 e. The fourth-order valence-corrected chi connectivity index (χ4v) is 2.04. The van der Waals surface area contributed by atoms with Gasteiger partial charge in [-0.15, -0.1) is 0 Å². The van der Waals surface area contributed by atoms with E-state index in [-0.39, 0.29) is 6.04 Å². The molecule has 0 aromatic heterocycles. The highest BCUT2D eigenvalue weighted by molar-refractivity contribution is 6.30. The Morgan fingerprint density at radius 3 is 2.50 bits per heavy atom. The van der Waals surface area contributed by atoms with Gasteiger partial charge in [-0.05, 0) is 42.3 Å². The fourth-order valence-electron chi connectivity index (χ4n) is 1.91. The molecular weight excluding hydrogens is 244 g/mol. The first-order valence-corrected chi connectivity index (χ1v) is 6.35. The number of aryl methyl sites for hydroxylation is 1. The molecule has 0 heterocycles. The Labute approximate surface area is 113 Å². The van der Waals surface area contributed by atoms with Gasteiger partial charge in [0, 0.05) is 17.3 Å². The van der Waals surface area contributed by atoms with Crippen molar-refractivity contribution in [1.29, 1.82) is 0 Å². The lowest BCUT2D eigenvalue weighted by Crippen LogP contribution is -2.20. The van der Waals surface area contributed by atoms with Crippen LogP contribution in [0.1, 0.15) is 17.2 Å². The van der Waals surface area contributed by atoms with Crippen LogP contribution in [0.25, 0.3) is 0 Å². The van der Waals surface area contributed by atoms with Crippen molar-refractivity contribution in [3.8, 4) is 0 Å². The van der Waals surface area contributed by atoms with Crippen LogP contribution in [0.5, 0.6) is 0 Å². The Morgan fingerprint density at radius 2 is 1.89 bits per heavy atom. The second kappa shape index (κ2) is 5.89. The highest BCUT2D eigenvalue weighted by atomic mass is 35.5. The summed E-state index contributed by atoms with van der Waals surface area (Å²) < 4.78 is 0. The van der Waals surface area contributed by atoms with E-state index in [4.69, 9.17) is 17.3 Å². The van der Waals surface area contributed by atoms with Crippen molar-refractivity contribution in [3.63, 3.8) is 0 Å². The van der Waals surface area contributed by atoms with Gasteiger partial charge in [-0.1, -0.05) is 35.9 Å². The van der Waals surface area contributed by atoms with E-state index in [9.17, 15) is 0 Å². The molecule has 1 atom stereocenters. The molecule has 2 rings (SSSR count). The SMILES string of the molecule is Cc1cccc(NC(CN)c2ccc(Cl)cc2)c1. The van der Waals surface area contributed by atoms with E-state index in [2.05, 4.69) is 24.4 Å². The van der Waals surface area contributed by atoms with Gasteiger partial charge in [-0.2, -0.15) is 0 Å². The molecule has 3 N–H and O–H groups in total. The Bertz CT molecular complexity index is 508. The number of rotatable bonds is 4. The molecule has 0 saturated carbocycles. The van der Waals surface area contributed by atoms with E-state index in [1.807, 2.05) is 36.4 Å². The Balaban J connectivity index is 2.17. The molecule has 18 heavy (non-hydrogen) atoms. The molecule has 0 aliphatic rings. The largest absolute Gasteiger partial charge is 0.377 e. The predicted molar refractivity (Wildman–Crippen MR) is 78.0 cm³/mol. The summed E-state index contributed by atoms with van der Waals surface area (Å²) in [5, 5.41) is 4.18. The molecule has 2 aromatic rings. The molecule has 0 aliphatic heterocycles. The van der Waals surface area contributed by atoms with Gasteiger partial charge in [0.2, 0.25) is 0 Å². The molecule has 94 valence electrons. The minimum atomic E-state index is 0.101. The third-order valence-electron chi connectivity index (χ3n) is 2.87. The highest BCUT2D eigenvalue weighted by Crippen LogP contribution is 2.21. The first kappa shape index (κ1) is 12.9. The fraction of sp³-hybridized carbons (Fsp3) is 0.200. The number of halogens is 1. The van der Waals surface area contributed by atoms with E-state index >= 15 is 0 Å². The monoisotopic (exact) mass is 260 g/mol. The highest BCUT2D eigenvalue weighted by Gasteiger charge is 2.09. The molecule has 0 amide bonds. The standard InChI is InChI=1S/C15H17ClN2/c1-11-3-2-4-14(9-11)18-15(10-17)12-5-7-13(16)8-6-12/h2-9,15,18H,10,17H2,1H3. The van der Waals surface area contributed by atoms with Crippen LogP contribution in [-0.4, -0.2) is 6.54 Å². The van der Waals surface area contributed by atoms with Crippen molar-refractivity contribution < 1.29 is 0 Å². The van der Waals surface area contributed by atoms with Crippen LogP contribution < -0.4 is 11.1 Å². The van der Waals surface area contributed by atoms with Gasteiger partial charge in [-0.3, -0.25) is 0 Å². The maximum Gasteiger partial charge on any atom is 0.0636 e. The van der Waals surface area contributed by atoms with E-state index in [0.29, 0.717) is 6.54 Å². The summed E-state index contributed by atoms with van der Waals surface area (Å²) in [6.45, 7) is 2.61. The van der Waals surface area contributed by atoms with Crippen molar-refractivity contribution in [3.05, 3.63) is 64.7 Å². The maximum atomic E-state index is 5.89. The third kappa shape index (κ3) is 3.25. The zero-order valence-electron chi connectivity index (χ0n) is 10.4. The molecule has 1 unspecified atom stereocenters. The van der Waals surface area contributed by atoms with E-state index in [1.54, 1.807) is 0 Å². The zero-order valence-corrected chi connectivity index (χ0v) is 11.1. The van der Waals surface area contributed by atoms with Gasteiger partial charge in [-0.25, -0.2) is 0 Å². The summed E-state index contributed by atoms with van der Waals surface area (Å²) in [5.74, 6) is 0. The van der Waals surface area contributed by atoms with E-state index < -0.39 is 0 Å². The van der Waals surface area contributed by atoms with Crippen LogP contribution >= 0.6 is 11.6 Å². The van der Waals surface area contributed by atoms with Gasteiger partial charge in [0.15, 0.2) is 0 Å². The minimum absolute atomic E-state index is 0.101. The smallest absolute Gasteiger partial charge is 0.0636 e. The zero-order chi connectivity index (χ0) is 13.0. The molecule has 0 fully saturated rings. The molecule has 0 spiro atoms. The molecule has 2 nitrogen and oxygen atoms in total. The maximum absolute atomic E-state index is 5.89. The number of benzene rings is 2. The van der Waals surface area contributed by atoms with Gasteiger partial charge in [0.25, 0.3) is 0 Å². The summed E-state index contributed by atoms with van der Waals surface area (Å²) in [6, 6.07) is 16.1. The second-order valence-electron chi connectivity index (χ2n) is 4.35. The summed E-state index contributed by atoms with van der Waals surface area (Å²) in [4.78, 5) is 0. The Morgan fingerprint density at radius 1 is 1.17 bits per heavy atom. The van der Waals surface area contributed by atoms with Crippen molar-refractivity contribution in [1.82, 2.24) is 0 Å². The first-order chi connectivity index (χ1) is 8.69. The molecular formula is C15H17ClN2. The van der Waals surface area contributed by atoms with Crippen molar-refractivity contribution >= 4 is 17.3 Å². The third-order valence-corrected chi connectivity index (χ3v) is 3.12. The molecule has 0 saturated heterocycles. The summed E-state index contributed by atoms with van der Waals surface area (Å²) >= 11 is 5.89. The number of nitrogens with two attached hydrogens (primary N) is 1. The van der Waals surface area contributed by atoms with Gasteiger partial charge < -0.3 is 11.1 Å². The predicted octanol–water partition coefficient (Wildman–Crippen LogP) is 3.76. The summed E-state index contributed by atoms with van der Waals surface area (Å²) in [7, 11) is 0. The average Bonchev–Trinajstić information content (AvgIpc) is 2.37. The van der Waals surface area contributed by atoms with Crippen LogP contribution in [0.4, 0.5) is 5.69 Å². The second-order valence-corrected chi connectivity index (χ2v) is 4.79. The first-order valence-electron chi connectivity index (χ1n) is 5.98. The average molecular weight is 261 g/mol. The van der Waals surface area contributed by atoms with Crippen LogP contribution in [0.2, 0.25) is 5.02 Å². The van der Waals surface area contributed by atoms with Crippen molar-refractivity contribution in [2.24, 2.45) is 5.73 Å². The summed E-state index contributed by atoms with van der Waals surface area (Å²) in [5.41, 5.74) is 9.29. The van der Waals surface area contributed by atoms with Crippen molar-refractivity contribution in [2.75, 3.05) is 11.9 Å².